The summed E-state index contributed by atoms with van der Waals surface area (Å²) in [7, 11) is 0. The highest BCUT2D eigenvalue weighted by molar-refractivity contribution is 5.41. The van der Waals surface area contributed by atoms with Gasteiger partial charge in [-0.15, -0.1) is 0 Å². The van der Waals surface area contributed by atoms with Gasteiger partial charge in [0.15, 0.2) is 0 Å². The number of rotatable bonds is 13. The van der Waals surface area contributed by atoms with Gasteiger partial charge in [-0.2, -0.15) is 0 Å². The van der Waals surface area contributed by atoms with Crippen LogP contribution in [0.25, 0.3) is 0 Å². The summed E-state index contributed by atoms with van der Waals surface area (Å²) in [4.78, 5) is 2.70. The van der Waals surface area contributed by atoms with Gasteiger partial charge in [-0.05, 0) is 106 Å². The van der Waals surface area contributed by atoms with Crippen molar-refractivity contribution in [2.45, 2.75) is 70.8 Å². The average Bonchev–Trinajstić information content (AvgIpc) is 2.78. The van der Waals surface area contributed by atoms with Gasteiger partial charge in [-0.3, -0.25) is 0 Å². The van der Waals surface area contributed by atoms with Crippen LogP contribution in [0, 0.1) is 0 Å². The Kier molecular flexibility index (Phi) is 9.70. The standard InChI is InChI=1S/C27H40N2O2/c1-2-19-29(24-12-15-26-23(21-24)8-7-9-27(26)31)20-6-4-3-5-17-28-18-16-22-10-13-25(30)14-11-22/h7-11,13-14,24,28,30-31H,2-6,12,15-21H2,1H3/t24-/m0/s1. The van der Waals surface area contributed by atoms with Crippen molar-refractivity contribution < 1.29 is 10.2 Å². The predicted octanol–water partition coefficient (Wildman–Crippen LogP) is 5.06. The van der Waals surface area contributed by atoms with Crippen LogP contribution in [0.3, 0.4) is 0 Å². The van der Waals surface area contributed by atoms with E-state index in [1.807, 2.05) is 24.3 Å². The molecular formula is C27H40N2O2. The molecule has 0 aliphatic heterocycles. The minimum absolute atomic E-state index is 0.335. The van der Waals surface area contributed by atoms with Crippen LogP contribution in [0.1, 0.15) is 62.1 Å². The molecule has 31 heavy (non-hydrogen) atoms. The quantitative estimate of drug-likeness (QED) is 0.394. The molecule has 1 aliphatic rings. The monoisotopic (exact) mass is 424 g/mol. The Morgan fingerprint density at radius 1 is 0.935 bits per heavy atom. The van der Waals surface area contributed by atoms with E-state index >= 15 is 0 Å². The first-order valence-corrected chi connectivity index (χ1v) is 12.2. The van der Waals surface area contributed by atoms with Crippen LogP contribution in [0.4, 0.5) is 0 Å². The van der Waals surface area contributed by atoms with Crippen molar-refractivity contribution in [2.75, 3.05) is 26.2 Å². The summed E-state index contributed by atoms with van der Waals surface area (Å²) < 4.78 is 0. The molecule has 0 unspecified atom stereocenters. The molecule has 0 aromatic heterocycles. The first-order valence-electron chi connectivity index (χ1n) is 12.2. The molecule has 1 aliphatic carbocycles. The Balaban J connectivity index is 1.28. The number of nitrogens with one attached hydrogen (secondary N) is 1. The molecular weight excluding hydrogens is 384 g/mol. The van der Waals surface area contributed by atoms with Gasteiger partial charge in [0.25, 0.3) is 0 Å². The summed E-state index contributed by atoms with van der Waals surface area (Å²) in [6, 6.07) is 14.1. The minimum atomic E-state index is 0.335. The maximum absolute atomic E-state index is 10.1. The third-order valence-electron chi connectivity index (χ3n) is 6.53. The highest BCUT2D eigenvalue weighted by Crippen LogP contribution is 2.30. The number of nitrogens with zero attached hydrogens (tertiary/aromatic N) is 1. The fourth-order valence-electron chi connectivity index (χ4n) is 4.78. The molecule has 2 aromatic rings. The lowest BCUT2D eigenvalue weighted by atomic mass is 9.86. The highest BCUT2D eigenvalue weighted by atomic mass is 16.3. The molecule has 1 atom stereocenters. The second kappa shape index (κ2) is 12.7. The van der Waals surface area contributed by atoms with Gasteiger partial charge in [0.1, 0.15) is 11.5 Å². The second-order valence-electron chi connectivity index (χ2n) is 8.93. The number of hydrogen-bond donors (Lipinski definition) is 3. The van der Waals surface area contributed by atoms with Gasteiger partial charge < -0.3 is 20.4 Å². The topological polar surface area (TPSA) is 55.7 Å². The molecule has 4 heteroatoms. The first kappa shape index (κ1) is 23.6. The van der Waals surface area contributed by atoms with Crippen LogP contribution in [0.15, 0.2) is 42.5 Å². The summed E-state index contributed by atoms with van der Waals surface area (Å²) in [5.74, 6) is 0.816. The van der Waals surface area contributed by atoms with Crippen LogP contribution in [-0.4, -0.2) is 47.3 Å². The zero-order chi connectivity index (χ0) is 21.9. The summed E-state index contributed by atoms with van der Waals surface area (Å²) >= 11 is 0. The minimum Gasteiger partial charge on any atom is -0.508 e. The number of unbranched alkanes of at least 4 members (excludes halogenated alkanes) is 3. The molecule has 0 bridgehead atoms. The van der Waals surface area contributed by atoms with Gasteiger partial charge in [0, 0.05) is 6.04 Å². The van der Waals surface area contributed by atoms with E-state index in [1.54, 1.807) is 12.1 Å². The Bertz CT molecular complexity index is 775. The molecule has 3 rings (SSSR count). The number of phenols is 2. The lowest BCUT2D eigenvalue weighted by Crippen LogP contribution is -2.40. The highest BCUT2D eigenvalue weighted by Gasteiger charge is 2.24. The van der Waals surface area contributed by atoms with E-state index in [1.165, 1.54) is 61.9 Å². The van der Waals surface area contributed by atoms with Crippen molar-refractivity contribution in [2.24, 2.45) is 0 Å². The van der Waals surface area contributed by atoms with Crippen molar-refractivity contribution in [3.8, 4) is 11.5 Å². The van der Waals surface area contributed by atoms with E-state index in [9.17, 15) is 10.2 Å². The van der Waals surface area contributed by atoms with Crippen molar-refractivity contribution in [3.63, 3.8) is 0 Å². The van der Waals surface area contributed by atoms with E-state index in [0.717, 1.165) is 38.8 Å². The Morgan fingerprint density at radius 2 is 1.74 bits per heavy atom. The smallest absolute Gasteiger partial charge is 0.119 e. The first-order chi connectivity index (χ1) is 15.2. The summed E-state index contributed by atoms with van der Waals surface area (Å²) in [5.41, 5.74) is 3.78. The molecule has 3 N–H and O–H groups in total. The number of fused-ring (bicyclic) bond motifs is 1. The van der Waals surface area contributed by atoms with Gasteiger partial charge in [0.2, 0.25) is 0 Å². The van der Waals surface area contributed by atoms with Crippen LogP contribution in [0.5, 0.6) is 11.5 Å². The van der Waals surface area contributed by atoms with E-state index in [2.05, 4.69) is 23.2 Å². The van der Waals surface area contributed by atoms with Gasteiger partial charge in [-0.25, -0.2) is 0 Å². The lowest BCUT2D eigenvalue weighted by molar-refractivity contribution is 0.175. The van der Waals surface area contributed by atoms with Crippen molar-refractivity contribution in [1.29, 1.82) is 0 Å². The largest absolute Gasteiger partial charge is 0.508 e. The molecule has 4 nitrogen and oxygen atoms in total. The molecule has 0 radical (unpaired) electrons. The van der Waals surface area contributed by atoms with Crippen LogP contribution >= 0.6 is 0 Å². The van der Waals surface area contributed by atoms with Crippen molar-refractivity contribution in [3.05, 3.63) is 59.2 Å². The zero-order valence-corrected chi connectivity index (χ0v) is 19.2. The summed E-state index contributed by atoms with van der Waals surface area (Å²) in [6.45, 7) is 6.73. The number of hydrogen-bond acceptors (Lipinski definition) is 4. The molecule has 0 amide bonds. The van der Waals surface area contributed by atoms with Crippen molar-refractivity contribution >= 4 is 0 Å². The fourth-order valence-corrected chi connectivity index (χ4v) is 4.78. The van der Waals surface area contributed by atoms with Gasteiger partial charge >= 0.3 is 0 Å². The van der Waals surface area contributed by atoms with Crippen molar-refractivity contribution in [1.82, 2.24) is 10.2 Å². The maximum atomic E-state index is 10.1. The molecule has 2 aromatic carbocycles. The molecule has 0 heterocycles. The Morgan fingerprint density at radius 3 is 2.55 bits per heavy atom. The maximum Gasteiger partial charge on any atom is 0.119 e. The molecule has 0 fully saturated rings. The normalized spacial score (nSPS) is 15.9. The molecule has 0 saturated heterocycles. The Labute approximate surface area is 188 Å². The average molecular weight is 425 g/mol. The number of aromatic hydroxyl groups is 2. The zero-order valence-electron chi connectivity index (χ0n) is 19.2. The summed E-state index contributed by atoms with van der Waals surface area (Å²) in [5, 5.41) is 23.0. The van der Waals surface area contributed by atoms with Crippen LogP contribution in [-0.2, 0) is 19.3 Å². The van der Waals surface area contributed by atoms with Crippen LogP contribution < -0.4 is 5.32 Å². The second-order valence-corrected chi connectivity index (χ2v) is 8.93. The van der Waals surface area contributed by atoms with E-state index in [0.29, 0.717) is 17.5 Å². The van der Waals surface area contributed by atoms with Crippen LogP contribution in [0.2, 0.25) is 0 Å². The van der Waals surface area contributed by atoms with E-state index < -0.39 is 0 Å². The van der Waals surface area contributed by atoms with E-state index in [4.69, 9.17) is 0 Å². The number of benzene rings is 2. The Hall–Kier alpha value is -2.04. The fraction of sp³-hybridized carbons (Fsp3) is 0.556. The third kappa shape index (κ3) is 7.55. The molecule has 0 saturated carbocycles. The SMILES string of the molecule is CCCN(CCCCCCNCCc1ccc(O)cc1)[C@H]1CCc2c(O)cccc2C1. The lowest BCUT2D eigenvalue weighted by Gasteiger charge is -2.35. The van der Waals surface area contributed by atoms with E-state index in [-0.39, 0.29) is 0 Å². The predicted molar refractivity (Wildman–Crippen MR) is 129 cm³/mol. The van der Waals surface area contributed by atoms with Gasteiger partial charge in [0.05, 0.1) is 0 Å². The molecule has 0 spiro atoms. The number of phenolic OH excluding ortho intramolecular Hbond substituents is 2. The molecule has 170 valence electrons. The summed E-state index contributed by atoms with van der Waals surface area (Å²) in [6.07, 6.45) is 10.5. The third-order valence-corrected chi connectivity index (χ3v) is 6.53. The van der Waals surface area contributed by atoms with Gasteiger partial charge in [-0.1, -0.05) is 44.0 Å².